The Morgan fingerprint density at radius 1 is 0.560 bits per heavy atom. The van der Waals surface area contributed by atoms with Crippen LogP contribution >= 0.6 is 45.3 Å². The van der Waals surface area contributed by atoms with Gasteiger partial charge in [0.1, 0.15) is 31.7 Å². The summed E-state index contributed by atoms with van der Waals surface area (Å²) in [6.45, 7) is 6.79. The molecule has 0 bridgehead atoms. The molecule has 0 spiro atoms. The minimum absolute atomic E-state index is 0.338. The summed E-state index contributed by atoms with van der Waals surface area (Å²) in [6, 6.07) is 8.42. The molecule has 0 aliphatic carbocycles. The molecule has 0 saturated carbocycles. The SMILES string of the molecule is [C-]#[N+]c1c(F)c(F)c(-c2ncc(-c3nc4cc5cc6sc(-c7cnc(-c8c(F)c(F)c(C#N)c(F)c8F)s7)nc6cc5cc4s3)s2)c(F)c1F. The molecule has 4 aromatic carbocycles. The third kappa shape index (κ3) is 4.75. The summed E-state index contributed by atoms with van der Waals surface area (Å²) in [4.78, 5) is 20.4. The van der Waals surface area contributed by atoms with Gasteiger partial charge in [0, 0.05) is 12.4 Å². The van der Waals surface area contributed by atoms with Crippen LogP contribution in [0.15, 0.2) is 36.7 Å². The van der Waals surface area contributed by atoms with E-state index < -0.39 is 68.9 Å². The van der Waals surface area contributed by atoms with Crippen LogP contribution in [-0.4, -0.2) is 19.9 Å². The first-order valence-corrected chi connectivity index (χ1v) is 16.8. The van der Waals surface area contributed by atoms with Crippen molar-refractivity contribution in [1.82, 2.24) is 19.9 Å². The number of hydrogen-bond donors (Lipinski definition) is 0. The van der Waals surface area contributed by atoms with Crippen molar-refractivity contribution in [3.8, 4) is 47.0 Å². The standard InChI is InChI=1S/C32H6F8N6S4/c1-42-28-26(39)24(37)19(25(38)27(28)40)32-44-8-17(50-32)30-46-13-3-10-4-14-12(2-9(10)5-15(13)48-30)45-29(47-14)16-7-43-31(49-16)18-22(35)20(33)11(6-41)21(34)23(18)36/h2-5,7-8H. The highest BCUT2D eigenvalue weighted by molar-refractivity contribution is 7.27. The van der Waals surface area contributed by atoms with E-state index in [1.807, 2.05) is 24.3 Å². The van der Waals surface area contributed by atoms with Crippen LogP contribution in [0, 0.1) is 64.4 Å². The Labute approximate surface area is 288 Å². The largest absolute Gasteiger partial charge is 0.262 e. The maximum absolute atomic E-state index is 14.6. The van der Waals surface area contributed by atoms with Gasteiger partial charge in [-0.3, -0.25) is 0 Å². The molecule has 0 fully saturated rings. The molecule has 0 N–H and O–H groups in total. The van der Waals surface area contributed by atoms with E-state index in [1.165, 1.54) is 35.1 Å². The van der Waals surface area contributed by atoms with Crippen LogP contribution in [0.3, 0.4) is 0 Å². The van der Waals surface area contributed by atoms with Crippen LogP contribution in [-0.2, 0) is 0 Å². The average Bonchev–Trinajstić information content (AvgIpc) is 3.91. The summed E-state index contributed by atoms with van der Waals surface area (Å²) < 4.78 is 117. The van der Waals surface area contributed by atoms with Crippen molar-refractivity contribution in [1.29, 1.82) is 5.26 Å². The van der Waals surface area contributed by atoms with Crippen molar-refractivity contribution in [2.75, 3.05) is 0 Å². The maximum Gasteiger partial charge on any atom is 0.262 e. The van der Waals surface area contributed by atoms with E-state index in [4.69, 9.17) is 11.8 Å². The first-order chi connectivity index (χ1) is 24.0. The van der Waals surface area contributed by atoms with Gasteiger partial charge in [0.05, 0.1) is 47.9 Å². The van der Waals surface area contributed by atoms with Crippen LogP contribution < -0.4 is 0 Å². The number of aromatic nitrogens is 4. The zero-order valence-electron chi connectivity index (χ0n) is 23.8. The van der Waals surface area contributed by atoms with Crippen LogP contribution in [0.25, 0.3) is 77.0 Å². The first-order valence-electron chi connectivity index (χ1n) is 13.6. The summed E-state index contributed by atoms with van der Waals surface area (Å²) in [5.74, 6) is -14.2. The topological polar surface area (TPSA) is 79.7 Å². The molecule has 8 aromatic rings. The van der Waals surface area contributed by atoms with Gasteiger partial charge in [-0.2, -0.15) is 5.26 Å². The smallest absolute Gasteiger partial charge is 0.244 e. The third-order valence-electron chi connectivity index (χ3n) is 7.44. The lowest BCUT2D eigenvalue weighted by molar-refractivity contribution is 0.454. The molecule has 4 aromatic heterocycles. The number of thiazole rings is 4. The van der Waals surface area contributed by atoms with Gasteiger partial charge in [0.15, 0.2) is 46.5 Å². The number of benzene rings is 4. The molecular weight excluding hydrogens is 749 g/mol. The fraction of sp³-hybridized carbons (Fsp3) is 0. The molecule has 244 valence electrons. The van der Waals surface area contributed by atoms with Crippen molar-refractivity contribution in [2.24, 2.45) is 0 Å². The van der Waals surface area contributed by atoms with Crippen LogP contribution in [0.4, 0.5) is 40.8 Å². The molecule has 18 heteroatoms. The number of fused-ring (bicyclic) bond motifs is 3. The van der Waals surface area contributed by atoms with E-state index in [-0.39, 0.29) is 10.0 Å². The normalized spacial score (nSPS) is 11.6. The van der Waals surface area contributed by atoms with Gasteiger partial charge >= 0.3 is 0 Å². The molecule has 0 unspecified atom stereocenters. The summed E-state index contributed by atoms with van der Waals surface area (Å²) in [7, 11) is 0. The first kappa shape index (κ1) is 31.8. The Bertz CT molecular complexity index is 2540. The molecule has 0 aliphatic rings. The van der Waals surface area contributed by atoms with Gasteiger partial charge in [-0.1, -0.05) is 0 Å². The Balaban J connectivity index is 1.13. The molecular formula is C32H6F8N6S4. The third-order valence-corrected chi connectivity index (χ3v) is 11.8. The van der Waals surface area contributed by atoms with Gasteiger partial charge in [-0.05, 0) is 35.0 Å². The fourth-order valence-electron chi connectivity index (χ4n) is 5.11. The van der Waals surface area contributed by atoms with E-state index in [9.17, 15) is 35.1 Å². The minimum Gasteiger partial charge on any atom is -0.244 e. The molecule has 0 radical (unpaired) electrons. The summed E-state index contributed by atoms with van der Waals surface area (Å²) >= 11 is 4.00. The molecule has 0 amide bonds. The number of nitrogens with zero attached hydrogens (tertiary/aromatic N) is 6. The molecule has 6 nitrogen and oxygen atoms in total. The van der Waals surface area contributed by atoms with Crippen molar-refractivity contribution >= 4 is 82.2 Å². The summed E-state index contributed by atoms with van der Waals surface area (Å²) in [5, 5.41) is 10.6. The molecule has 50 heavy (non-hydrogen) atoms. The Morgan fingerprint density at radius 2 is 0.980 bits per heavy atom. The van der Waals surface area contributed by atoms with Crippen molar-refractivity contribution < 1.29 is 35.1 Å². The number of halogens is 8. The highest BCUT2D eigenvalue weighted by Gasteiger charge is 2.30. The monoisotopic (exact) mass is 754 g/mol. The minimum atomic E-state index is -1.81. The van der Waals surface area contributed by atoms with Crippen LogP contribution in [0.2, 0.25) is 0 Å². The van der Waals surface area contributed by atoms with Gasteiger partial charge in [-0.25, -0.2) is 59.9 Å². The van der Waals surface area contributed by atoms with E-state index >= 15 is 0 Å². The lowest BCUT2D eigenvalue weighted by Gasteiger charge is -2.06. The van der Waals surface area contributed by atoms with Gasteiger partial charge in [0.25, 0.3) is 5.69 Å². The predicted molar refractivity (Wildman–Crippen MR) is 174 cm³/mol. The van der Waals surface area contributed by atoms with E-state index in [1.54, 1.807) is 0 Å². The summed E-state index contributed by atoms with van der Waals surface area (Å²) in [6.07, 6.45) is 2.55. The molecule has 8 rings (SSSR count). The Hall–Kier alpha value is -5.40. The predicted octanol–water partition coefficient (Wildman–Crippen LogP) is 11.2. The second-order valence-corrected chi connectivity index (χ2v) is 14.4. The second-order valence-electron chi connectivity index (χ2n) is 10.3. The van der Waals surface area contributed by atoms with Crippen molar-refractivity contribution in [3.05, 3.63) is 100 Å². The fourth-order valence-corrected chi connectivity index (χ4v) is 9.07. The van der Waals surface area contributed by atoms with Gasteiger partial charge in [0.2, 0.25) is 0 Å². The number of rotatable bonds is 4. The molecule has 0 aliphatic heterocycles. The van der Waals surface area contributed by atoms with E-state index in [2.05, 4.69) is 24.8 Å². The zero-order chi connectivity index (χ0) is 35.2. The lowest BCUT2D eigenvalue weighted by atomic mass is 10.1. The van der Waals surface area contributed by atoms with E-state index in [0.29, 0.717) is 30.8 Å². The summed E-state index contributed by atoms with van der Waals surface area (Å²) in [5.41, 5.74) is -3.65. The number of nitriles is 1. The highest BCUT2D eigenvalue weighted by atomic mass is 32.1. The van der Waals surface area contributed by atoms with Crippen molar-refractivity contribution in [3.63, 3.8) is 0 Å². The second kappa shape index (κ2) is 11.6. The van der Waals surface area contributed by atoms with E-state index in [0.717, 1.165) is 48.9 Å². The quantitative estimate of drug-likeness (QED) is 0.102. The Kier molecular flexibility index (Phi) is 7.39. The average molecular weight is 755 g/mol. The zero-order valence-corrected chi connectivity index (χ0v) is 27.1. The van der Waals surface area contributed by atoms with Gasteiger partial charge < -0.3 is 0 Å². The number of hydrogen-bond acceptors (Lipinski definition) is 9. The molecule has 4 heterocycles. The highest BCUT2D eigenvalue weighted by Crippen LogP contribution is 2.43. The Morgan fingerprint density at radius 3 is 1.38 bits per heavy atom. The van der Waals surface area contributed by atoms with Crippen molar-refractivity contribution in [2.45, 2.75) is 0 Å². The molecule has 0 atom stereocenters. The van der Waals surface area contributed by atoms with Crippen LogP contribution in [0.5, 0.6) is 0 Å². The lowest BCUT2D eigenvalue weighted by Crippen LogP contribution is -2.03. The molecule has 0 saturated heterocycles. The maximum atomic E-state index is 14.6. The van der Waals surface area contributed by atoms with Gasteiger partial charge in [-0.15, -0.1) is 45.3 Å². The van der Waals surface area contributed by atoms with Crippen LogP contribution in [0.1, 0.15) is 5.56 Å².